The molecule has 9 aromatic rings. The molecule has 0 unspecified atom stereocenters. The third-order valence-corrected chi connectivity index (χ3v) is 9.28. The van der Waals surface area contributed by atoms with Gasteiger partial charge in [-0.2, -0.15) is 0 Å². The number of nitrogens with two attached hydrogens (primary N) is 1. The Morgan fingerprint density at radius 2 is 1.20 bits per heavy atom. The van der Waals surface area contributed by atoms with Crippen molar-refractivity contribution in [2.45, 2.75) is 6.54 Å². The van der Waals surface area contributed by atoms with Gasteiger partial charge in [0.2, 0.25) is 0 Å². The second kappa shape index (κ2) is 12.4. The van der Waals surface area contributed by atoms with Crippen LogP contribution < -0.4 is 5.73 Å². The number of aliphatic imine (C=N–C) groups is 2. The van der Waals surface area contributed by atoms with Crippen molar-refractivity contribution in [3.05, 3.63) is 187 Å². The van der Waals surface area contributed by atoms with Gasteiger partial charge in [-0.1, -0.05) is 127 Å². The molecule has 2 N–H and O–H groups in total. The Morgan fingerprint density at radius 3 is 2.04 bits per heavy atom. The van der Waals surface area contributed by atoms with Crippen LogP contribution >= 0.6 is 0 Å². The molecule has 0 aliphatic heterocycles. The van der Waals surface area contributed by atoms with E-state index in [2.05, 4.69) is 108 Å². The number of hydrogen-bond acceptors (Lipinski definition) is 2. The first-order chi connectivity index (χ1) is 24.7. The van der Waals surface area contributed by atoms with Crippen LogP contribution in [0.1, 0.15) is 16.7 Å². The normalized spacial score (nSPS) is 12.4. The highest BCUT2D eigenvalue weighted by molar-refractivity contribution is 6.17. The third-order valence-electron chi connectivity index (χ3n) is 9.28. The van der Waals surface area contributed by atoms with Crippen molar-refractivity contribution in [3.63, 3.8) is 0 Å². The molecule has 2 aromatic heterocycles. The van der Waals surface area contributed by atoms with Crippen LogP contribution in [-0.2, 0) is 6.54 Å². The molecule has 0 spiro atoms. The zero-order chi connectivity index (χ0) is 33.4. The molecule has 0 aliphatic rings. The fraction of sp³-hybridized carbons (Fsp3) is 0.0222. The van der Waals surface area contributed by atoms with Crippen LogP contribution in [0.3, 0.4) is 0 Å². The van der Waals surface area contributed by atoms with Crippen molar-refractivity contribution in [3.8, 4) is 16.8 Å². The van der Waals surface area contributed by atoms with E-state index in [9.17, 15) is 0 Å². The van der Waals surface area contributed by atoms with E-state index in [0.717, 1.165) is 66.5 Å². The summed E-state index contributed by atoms with van der Waals surface area (Å²) in [5.41, 5.74) is 16.6. The summed E-state index contributed by atoms with van der Waals surface area (Å²) in [5, 5.41) is 4.65. The Kier molecular flexibility index (Phi) is 7.29. The Labute approximate surface area is 289 Å². The second-order valence-electron chi connectivity index (χ2n) is 12.4. The molecular formula is C45H32N4O. The molecule has 50 heavy (non-hydrogen) atoms. The SMILES string of the molecule is N/C(=N\C(=N/Cc1ccccc1)c1cccc(-c2cccc(-n3c4ccccc4c4cc5c(cc43)oc3ccccc35)c2)c1)c1ccccc1. The van der Waals surface area contributed by atoms with E-state index in [0.29, 0.717) is 18.2 Å². The third kappa shape index (κ3) is 5.31. The molecule has 0 amide bonds. The number of fused-ring (bicyclic) bond motifs is 6. The summed E-state index contributed by atoms with van der Waals surface area (Å²) < 4.78 is 8.67. The molecule has 5 nitrogen and oxygen atoms in total. The molecule has 238 valence electrons. The topological polar surface area (TPSA) is 68.8 Å². The first kappa shape index (κ1) is 29.4. The van der Waals surface area contributed by atoms with E-state index in [1.54, 1.807) is 0 Å². The van der Waals surface area contributed by atoms with Crippen molar-refractivity contribution >= 4 is 55.4 Å². The summed E-state index contributed by atoms with van der Waals surface area (Å²) in [4.78, 5) is 9.83. The fourth-order valence-corrected chi connectivity index (χ4v) is 6.86. The van der Waals surface area contributed by atoms with Gasteiger partial charge in [-0.3, -0.25) is 4.99 Å². The van der Waals surface area contributed by atoms with Crippen LogP contribution in [0.25, 0.3) is 60.6 Å². The predicted octanol–water partition coefficient (Wildman–Crippen LogP) is 10.7. The summed E-state index contributed by atoms with van der Waals surface area (Å²) in [6.45, 7) is 0.494. The molecule has 0 atom stereocenters. The average molecular weight is 645 g/mol. The van der Waals surface area contributed by atoms with Crippen LogP contribution in [0.4, 0.5) is 0 Å². The Hall–Kier alpha value is -6.72. The lowest BCUT2D eigenvalue weighted by Crippen LogP contribution is -2.16. The molecule has 2 heterocycles. The number of benzene rings is 7. The van der Waals surface area contributed by atoms with E-state index in [4.69, 9.17) is 20.1 Å². The highest BCUT2D eigenvalue weighted by Gasteiger charge is 2.17. The maximum Gasteiger partial charge on any atom is 0.157 e. The van der Waals surface area contributed by atoms with Gasteiger partial charge < -0.3 is 14.7 Å². The lowest BCUT2D eigenvalue weighted by molar-refractivity contribution is 0.669. The maximum atomic E-state index is 6.53. The van der Waals surface area contributed by atoms with E-state index >= 15 is 0 Å². The predicted molar refractivity (Wildman–Crippen MR) is 207 cm³/mol. The Morgan fingerprint density at radius 1 is 0.520 bits per heavy atom. The van der Waals surface area contributed by atoms with Gasteiger partial charge in [-0.25, -0.2) is 4.99 Å². The van der Waals surface area contributed by atoms with Crippen LogP contribution in [-0.4, -0.2) is 16.2 Å². The number of hydrogen-bond donors (Lipinski definition) is 1. The van der Waals surface area contributed by atoms with Gasteiger partial charge in [0.1, 0.15) is 17.0 Å². The first-order valence-corrected chi connectivity index (χ1v) is 16.7. The minimum atomic E-state index is 0.426. The first-order valence-electron chi connectivity index (χ1n) is 16.7. The van der Waals surface area contributed by atoms with E-state index in [1.807, 2.05) is 66.7 Å². The summed E-state index contributed by atoms with van der Waals surface area (Å²) in [6.07, 6.45) is 0. The van der Waals surface area contributed by atoms with Gasteiger partial charge in [0.25, 0.3) is 0 Å². The molecule has 7 aromatic carbocycles. The van der Waals surface area contributed by atoms with E-state index in [1.165, 1.54) is 10.8 Å². The lowest BCUT2D eigenvalue weighted by Gasteiger charge is -2.12. The highest BCUT2D eigenvalue weighted by Crippen LogP contribution is 2.38. The van der Waals surface area contributed by atoms with E-state index < -0.39 is 0 Å². The number of nitrogens with zero attached hydrogens (tertiary/aromatic N) is 3. The molecule has 0 fully saturated rings. The van der Waals surface area contributed by atoms with Gasteiger partial charge in [-0.05, 0) is 53.1 Å². The van der Waals surface area contributed by atoms with Crippen molar-refractivity contribution in [2.75, 3.05) is 0 Å². The molecule has 0 bridgehead atoms. The molecule has 9 rings (SSSR count). The smallest absolute Gasteiger partial charge is 0.157 e. The van der Waals surface area contributed by atoms with Crippen molar-refractivity contribution < 1.29 is 4.42 Å². The maximum absolute atomic E-state index is 6.53. The summed E-state index contributed by atoms with van der Waals surface area (Å²) in [6, 6.07) is 58.4. The quantitative estimate of drug-likeness (QED) is 0.145. The molecule has 0 saturated carbocycles. The standard InChI is InChI=1S/C45H32N4O/c46-44(31-15-5-2-6-16-31)48-45(47-29-30-13-3-1-4-14-30)34-19-11-17-32(25-34)33-18-12-20-35(26-33)49-40-23-9-7-21-36(40)38-27-39-37-22-8-10-24-42(37)50-43(39)28-41(38)49/h1-28H,29H2,(H2,46,47,48). The van der Waals surface area contributed by atoms with Crippen molar-refractivity contribution in [2.24, 2.45) is 15.7 Å². The highest BCUT2D eigenvalue weighted by atomic mass is 16.3. The summed E-state index contributed by atoms with van der Waals surface area (Å²) in [5.74, 6) is 1.01. The summed E-state index contributed by atoms with van der Waals surface area (Å²) >= 11 is 0. The zero-order valence-corrected chi connectivity index (χ0v) is 27.2. The van der Waals surface area contributed by atoms with Crippen LogP contribution in [0.2, 0.25) is 0 Å². The van der Waals surface area contributed by atoms with Crippen LogP contribution in [0.5, 0.6) is 0 Å². The number of amidine groups is 2. The molecular weight excluding hydrogens is 613 g/mol. The molecule has 0 aliphatic carbocycles. The van der Waals surface area contributed by atoms with Gasteiger partial charge in [0, 0.05) is 44.4 Å². The largest absolute Gasteiger partial charge is 0.456 e. The van der Waals surface area contributed by atoms with Crippen molar-refractivity contribution in [1.29, 1.82) is 0 Å². The average Bonchev–Trinajstić information content (AvgIpc) is 3.71. The van der Waals surface area contributed by atoms with E-state index in [-0.39, 0.29) is 0 Å². The van der Waals surface area contributed by atoms with Crippen LogP contribution in [0.15, 0.2) is 184 Å². The summed E-state index contributed by atoms with van der Waals surface area (Å²) in [7, 11) is 0. The monoisotopic (exact) mass is 644 g/mol. The lowest BCUT2D eigenvalue weighted by atomic mass is 10.0. The minimum Gasteiger partial charge on any atom is -0.456 e. The second-order valence-corrected chi connectivity index (χ2v) is 12.4. The minimum absolute atomic E-state index is 0.426. The number of para-hydroxylation sites is 2. The fourth-order valence-electron chi connectivity index (χ4n) is 6.86. The molecule has 0 radical (unpaired) electrons. The van der Waals surface area contributed by atoms with Gasteiger partial charge >= 0.3 is 0 Å². The Bertz CT molecular complexity index is 2740. The van der Waals surface area contributed by atoms with Gasteiger partial charge in [-0.15, -0.1) is 0 Å². The van der Waals surface area contributed by atoms with Crippen LogP contribution in [0, 0.1) is 0 Å². The number of furan rings is 1. The number of rotatable bonds is 6. The molecule has 0 saturated heterocycles. The van der Waals surface area contributed by atoms with Crippen molar-refractivity contribution in [1.82, 2.24) is 4.57 Å². The van der Waals surface area contributed by atoms with Gasteiger partial charge in [0.15, 0.2) is 5.84 Å². The molecule has 5 heteroatoms. The zero-order valence-electron chi connectivity index (χ0n) is 27.2. The Balaban J connectivity index is 1.16. The number of aromatic nitrogens is 1. The van der Waals surface area contributed by atoms with Gasteiger partial charge in [0.05, 0.1) is 17.6 Å².